The summed E-state index contributed by atoms with van der Waals surface area (Å²) in [4.78, 5) is 25.1. The molecule has 0 atom stereocenters. The van der Waals surface area contributed by atoms with Gasteiger partial charge in [0.25, 0.3) is 5.91 Å². The maximum Gasteiger partial charge on any atom is 0.255 e. The molecule has 0 aliphatic heterocycles. The number of benzene rings is 1. The summed E-state index contributed by atoms with van der Waals surface area (Å²) in [5.74, 6) is 0.981. The van der Waals surface area contributed by atoms with Crippen LogP contribution in [0, 0.1) is 6.92 Å². The minimum atomic E-state index is -0.282. The molecule has 10 heteroatoms. The average molecular weight is 347 g/mol. The number of carbonyl (C=O) groups is 1. The molecule has 0 aliphatic carbocycles. The van der Waals surface area contributed by atoms with E-state index in [9.17, 15) is 4.79 Å². The number of amides is 1. The van der Waals surface area contributed by atoms with Gasteiger partial charge in [0.15, 0.2) is 0 Å². The third-order valence-corrected chi connectivity index (χ3v) is 3.66. The first-order valence-corrected chi connectivity index (χ1v) is 7.68. The third kappa shape index (κ3) is 3.02. The Labute approximate surface area is 147 Å². The first-order valence-electron chi connectivity index (χ1n) is 7.68. The number of anilines is 1. The lowest BCUT2D eigenvalue weighted by molar-refractivity contribution is 0.102. The maximum absolute atomic E-state index is 12.5. The molecule has 0 saturated heterocycles. The normalized spacial score (nSPS) is 10.7. The summed E-state index contributed by atoms with van der Waals surface area (Å²) >= 11 is 0. The topological polar surface area (TPSA) is 116 Å². The van der Waals surface area contributed by atoms with Crippen LogP contribution in [0.25, 0.3) is 11.6 Å². The molecule has 3 aromatic heterocycles. The van der Waals surface area contributed by atoms with Crippen LogP contribution in [0.15, 0.2) is 55.4 Å². The van der Waals surface area contributed by atoms with Crippen LogP contribution in [0.1, 0.15) is 16.2 Å². The molecule has 0 bridgehead atoms. The van der Waals surface area contributed by atoms with Crippen LogP contribution < -0.4 is 5.32 Å². The van der Waals surface area contributed by atoms with E-state index < -0.39 is 0 Å². The fourth-order valence-electron chi connectivity index (χ4n) is 2.37. The Balaban J connectivity index is 1.52. The van der Waals surface area contributed by atoms with Gasteiger partial charge in [-0.3, -0.25) is 9.36 Å². The van der Waals surface area contributed by atoms with Crippen molar-refractivity contribution in [3.05, 3.63) is 66.8 Å². The highest BCUT2D eigenvalue weighted by molar-refractivity contribution is 6.04. The van der Waals surface area contributed by atoms with Crippen LogP contribution in [-0.4, -0.2) is 45.6 Å². The zero-order valence-corrected chi connectivity index (χ0v) is 13.7. The van der Waals surface area contributed by atoms with Crippen LogP contribution in [0.3, 0.4) is 0 Å². The highest BCUT2D eigenvalue weighted by Crippen LogP contribution is 2.12. The van der Waals surface area contributed by atoms with E-state index in [0.29, 0.717) is 22.9 Å². The molecule has 1 N–H and O–H groups in total. The first kappa shape index (κ1) is 15.6. The second-order valence-electron chi connectivity index (χ2n) is 5.38. The lowest BCUT2D eigenvalue weighted by atomic mass is 10.2. The molecule has 0 spiro atoms. The van der Waals surface area contributed by atoms with Gasteiger partial charge in [-0.2, -0.15) is 0 Å². The minimum Gasteiger partial charge on any atom is -0.319 e. The van der Waals surface area contributed by atoms with Crippen molar-refractivity contribution in [1.29, 1.82) is 0 Å². The summed E-state index contributed by atoms with van der Waals surface area (Å²) in [7, 11) is 0. The fourth-order valence-corrected chi connectivity index (χ4v) is 2.37. The van der Waals surface area contributed by atoms with Gasteiger partial charge < -0.3 is 5.32 Å². The van der Waals surface area contributed by atoms with E-state index in [4.69, 9.17) is 0 Å². The minimum absolute atomic E-state index is 0.282. The third-order valence-electron chi connectivity index (χ3n) is 3.66. The molecule has 3 heterocycles. The van der Waals surface area contributed by atoms with Gasteiger partial charge in [0.05, 0.1) is 23.8 Å². The zero-order valence-electron chi connectivity index (χ0n) is 13.7. The Morgan fingerprint density at radius 2 is 2.00 bits per heavy atom. The van der Waals surface area contributed by atoms with E-state index in [1.165, 1.54) is 11.0 Å². The van der Waals surface area contributed by atoms with Crippen molar-refractivity contribution in [2.24, 2.45) is 0 Å². The molecule has 0 fully saturated rings. The lowest BCUT2D eigenvalue weighted by Crippen LogP contribution is -2.13. The van der Waals surface area contributed by atoms with Gasteiger partial charge >= 0.3 is 0 Å². The summed E-state index contributed by atoms with van der Waals surface area (Å²) in [5.41, 5.74) is 1.64. The summed E-state index contributed by atoms with van der Waals surface area (Å²) in [6, 6.07) is 6.95. The molecule has 4 rings (SSSR count). The Kier molecular flexibility index (Phi) is 3.90. The molecule has 0 radical (unpaired) electrons. The van der Waals surface area contributed by atoms with E-state index in [1.54, 1.807) is 53.6 Å². The smallest absolute Gasteiger partial charge is 0.255 e. The number of aromatic nitrogens is 8. The molecule has 0 aliphatic rings. The van der Waals surface area contributed by atoms with Crippen LogP contribution >= 0.6 is 0 Å². The van der Waals surface area contributed by atoms with Gasteiger partial charge in [0.2, 0.25) is 5.95 Å². The van der Waals surface area contributed by atoms with Gasteiger partial charge in [-0.15, -0.1) is 5.10 Å². The van der Waals surface area contributed by atoms with E-state index in [0.717, 1.165) is 5.82 Å². The molecule has 1 aromatic carbocycles. The van der Waals surface area contributed by atoms with Crippen LogP contribution in [0.2, 0.25) is 0 Å². The van der Waals surface area contributed by atoms with Crippen LogP contribution in [0.5, 0.6) is 0 Å². The molecular formula is C16H13N9O. The summed E-state index contributed by atoms with van der Waals surface area (Å²) in [5, 5.41) is 13.7. The molecule has 26 heavy (non-hydrogen) atoms. The molecule has 0 unspecified atom stereocenters. The molecule has 0 saturated carbocycles. The number of carbonyl (C=O) groups excluding carboxylic acids is 1. The standard InChI is InChI=1S/C16H13N9O/c1-11-17-5-6-24(11)16-18-8-13(9-19-16)21-15(26)12-3-2-4-14(7-12)25-10-20-22-23-25/h2-10H,1H3,(H,21,26). The Hall–Kier alpha value is -3.95. The number of hydrogen-bond acceptors (Lipinski definition) is 7. The van der Waals surface area contributed by atoms with Crippen molar-refractivity contribution in [3.63, 3.8) is 0 Å². The molecule has 128 valence electrons. The molecule has 4 aromatic rings. The van der Waals surface area contributed by atoms with Crippen LogP contribution in [-0.2, 0) is 0 Å². The van der Waals surface area contributed by atoms with Gasteiger partial charge in [-0.05, 0) is 35.5 Å². The number of rotatable bonds is 4. The van der Waals surface area contributed by atoms with Crippen molar-refractivity contribution in [2.75, 3.05) is 5.32 Å². The van der Waals surface area contributed by atoms with Crippen molar-refractivity contribution in [1.82, 2.24) is 39.7 Å². The van der Waals surface area contributed by atoms with Gasteiger partial charge in [0.1, 0.15) is 12.2 Å². The van der Waals surface area contributed by atoms with Crippen molar-refractivity contribution < 1.29 is 4.79 Å². The number of hydrogen-bond donors (Lipinski definition) is 1. The van der Waals surface area contributed by atoms with Gasteiger partial charge in [-0.1, -0.05) is 6.07 Å². The van der Waals surface area contributed by atoms with Crippen molar-refractivity contribution in [2.45, 2.75) is 6.92 Å². The fraction of sp³-hybridized carbons (Fsp3) is 0.0625. The highest BCUT2D eigenvalue weighted by atomic mass is 16.1. The Morgan fingerprint density at radius 1 is 1.15 bits per heavy atom. The molecule has 1 amide bonds. The number of tetrazole rings is 1. The van der Waals surface area contributed by atoms with E-state index in [2.05, 4.69) is 35.8 Å². The summed E-state index contributed by atoms with van der Waals surface area (Å²) < 4.78 is 3.23. The maximum atomic E-state index is 12.5. The Morgan fingerprint density at radius 3 is 2.69 bits per heavy atom. The largest absolute Gasteiger partial charge is 0.319 e. The predicted molar refractivity (Wildman–Crippen MR) is 91.0 cm³/mol. The second kappa shape index (κ2) is 6.51. The summed E-state index contributed by atoms with van der Waals surface area (Å²) in [6.45, 7) is 1.86. The van der Waals surface area contributed by atoms with Crippen molar-refractivity contribution >= 4 is 11.6 Å². The number of nitrogens with one attached hydrogen (secondary N) is 1. The molecular weight excluding hydrogens is 334 g/mol. The molecule has 10 nitrogen and oxygen atoms in total. The number of imidazole rings is 1. The monoisotopic (exact) mass is 347 g/mol. The lowest BCUT2D eigenvalue weighted by Gasteiger charge is -2.07. The van der Waals surface area contributed by atoms with Gasteiger partial charge in [0, 0.05) is 18.0 Å². The van der Waals surface area contributed by atoms with E-state index >= 15 is 0 Å². The quantitative estimate of drug-likeness (QED) is 0.589. The SMILES string of the molecule is Cc1nccn1-c1ncc(NC(=O)c2cccc(-n3cnnn3)c2)cn1. The predicted octanol–water partition coefficient (Wildman–Crippen LogP) is 1.20. The van der Waals surface area contributed by atoms with Gasteiger partial charge in [-0.25, -0.2) is 19.6 Å². The number of nitrogens with zero attached hydrogens (tertiary/aromatic N) is 8. The van der Waals surface area contributed by atoms with E-state index in [1.807, 2.05) is 6.92 Å². The average Bonchev–Trinajstić information content (AvgIpc) is 3.34. The summed E-state index contributed by atoms with van der Waals surface area (Å²) in [6.07, 6.45) is 8.00. The first-order chi connectivity index (χ1) is 12.7. The Bertz CT molecular complexity index is 1040. The van der Waals surface area contributed by atoms with Crippen LogP contribution in [0.4, 0.5) is 5.69 Å². The zero-order chi connectivity index (χ0) is 17.9. The number of aryl methyl sites for hydroxylation is 1. The van der Waals surface area contributed by atoms with Crippen molar-refractivity contribution in [3.8, 4) is 11.6 Å². The highest BCUT2D eigenvalue weighted by Gasteiger charge is 2.10. The van der Waals surface area contributed by atoms with E-state index in [-0.39, 0.29) is 5.91 Å². The second-order valence-corrected chi connectivity index (χ2v) is 5.38.